The molecule has 6 heteroatoms. The number of hydrogen-bond donors (Lipinski definition) is 2. The van der Waals surface area contributed by atoms with Gasteiger partial charge in [-0.1, -0.05) is 19.3 Å². The summed E-state index contributed by atoms with van der Waals surface area (Å²) in [4.78, 5) is 0. The van der Waals surface area contributed by atoms with Gasteiger partial charge in [-0.2, -0.15) is 8.78 Å². The molecule has 2 N–H and O–H groups in total. The Morgan fingerprint density at radius 2 is 1.78 bits per heavy atom. The van der Waals surface area contributed by atoms with Crippen LogP contribution in [0.5, 0.6) is 0 Å². The van der Waals surface area contributed by atoms with E-state index in [4.69, 9.17) is 0 Å². The fourth-order valence-corrected chi connectivity index (χ4v) is 2.51. The number of hydrogen-bond acceptors (Lipinski definition) is 2. The predicted octanol–water partition coefficient (Wildman–Crippen LogP) is 2.79. The van der Waals surface area contributed by atoms with Crippen LogP contribution in [0.15, 0.2) is 0 Å². The first kappa shape index (κ1) is 15.7. The molecule has 0 aromatic rings. The lowest BCUT2D eigenvalue weighted by molar-refractivity contribution is -0.125. The summed E-state index contributed by atoms with van der Waals surface area (Å²) < 4.78 is 49.2. The van der Waals surface area contributed by atoms with Crippen LogP contribution in [0.4, 0.5) is 17.6 Å². The topological polar surface area (TPSA) is 24.1 Å². The van der Waals surface area contributed by atoms with E-state index in [1.54, 1.807) is 0 Å². The highest BCUT2D eigenvalue weighted by Gasteiger charge is 2.40. The summed E-state index contributed by atoms with van der Waals surface area (Å²) in [6.07, 6.45) is 2.62. The molecule has 0 aromatic carbocycles. The molecule has 108 valence electrons. The molecular weight excluding hydrogens is 248 g/mol. The summed E-state index contributed by atoms with van der Waals surface area (Å²) in [6.45, 7) is -0.617. The van der Waals surface area contributed by atoms with Crippen molar-refractivity contribution < 1.29 is 17.6 Å². The number of rotatable bonds is 7. The molecule has 1 fully saturated rings. The molecule has 0 aliphatic heterocycles. The third kappa shape index (κ3) is 4.39. The highest BCUT2D eigenvalue weighted by Crippen LogP contribution is 2.30. The Bertz CT molecular complexity index is 240. The minimum absolute atomic E-state index is 0.00857. The first-order valence-corrected chi connectivity index (χ1v) is 6.47. The maximum absolute atomic E-state index is 12.7. The Morgan fingerprint density at radius 3 is 2.28 bits per heavy atom. The van der Waals surface area contributed by atoms with Crippen molar-refractivity contribution in [3.8, 4) is 0 Å². The zero-order valence-corrected chi connectivity index (χ0v) is 10.7. The van der Waals surface area contributed by atoms with Gasteiger partial charge in [0.25, 0.3) is 0 Å². The van der Waals surface area contributed by atoms with Crippen LogP contribution in [0.1, 0.15) is 38.5 Å². The van der Waals surface area contributed by atoms with Crippen molar-refractivity contribution in [1.29, 1.82) is 0 Å². The average Bonchev–Trinajstić information content (AvgIpc) is 2.36. The van der Waals surface area contributed by atoms with Gasteiger partial charge in [-0.25, -0.2) is 8.78 Å². The van der Waals surface area contributed by atoms with E-state index in [1.807, 2.05) is 7.05 Å². The van der Waals surface area contributed by atoms with E-state index in [0.717, 1.165) is 25.7 Å². The molecule has 2 nitrogen and oxygen atoms in total. The monoisotopic (exact) mass is 270 g/mol. The highest BCUT2D eigenvalue weighted by atomic mass is 19.3. The van der Waals surface area contributed by atoms with E-state index in [1.165, 1.54) is 6.42 Å². The highest BCUT2D eigenvalue weighted by molar-refractivity contribution is 4.90. The van der Waals surface area contributed by atoms with Crippen molar-refractivity contribution in [2.45, 2.75) is 56.4 Å². The maximum Gasteiger partial charge on any atom is 0.319 e. The summed E-state index contributed by atoms with van der Waals surface area (Å²) in [5.41, 5.74) is -0.00857. The van der Waals surface area contributed by atoms with Crippen LogP contribution >= 0.6 is 0 Å². The second-order valence-electron chi connectivity index (χ2n) is 5.08. The molecule has 1 aliphatic carbocycles. The second-order valence-corrected chi connectivity index (χ2v) is 5.08. The minimum Gasteiger partial charge on any atom is -0.314 e. The summed E-state index contributed by atoms with van der Waals surface area (Å²) >= 11 is 0. The fourth-order valence-electron chi connectivity index (χ4n) is 2.51. The molecule has 0 radical (unpaired) electrons. The first-order valence-electron chi connectivity index (χ1n) is 6.47. The van der Waals surface area contributed by atoms with E-state index < -0.39 is 18.9 Å². The Morgan fingerprint density at radius 1 is 1.17 bits per heavy atom. The van der Waals surface area contributed by atoms with Crippen molar-refractivity contribution in [1.82, 2.24) is 10.6 Å². The van der Waals surface area contributed by atoms with Crippen LogP contribution in [0.25, 0.3) is 0 Å². The molecule has 0 amide bonds. The van der Waals surface area contributed by atoms with E-state index in [2.05, 4.69) is 10.6 Å². The standard InChI is InChI=1S/C12H22F4N2/c1-17-11(5-3-2-4-6-11)7-8-18-9-12(15,16)10(13)14/h10,17-18H,2-9H2,1H3. The molecular formula is C12H22F4N2. The Kier molecular flexibility index (Phi) is 5.85. The van der Waals surface area contributed by atoms with Gasteiger partial charge in [0.1, 0.15) is 0 Å². The smallest absolute Gasteiger partial charge is 0.314 e. The third-order valence-corrected chi connectivity index (χ3v) is 3.80. The molecule has 0 aromatic heterocycles. The normalized spacial score (nSPS) is 20.3. The number of nitrogens with one attached hydrogen (secondary N) is 2. The van der Waals surface area contributed by atoms with E-state index >= 15 is 0 Å². The van der Waals surface area contributed by atoms with Crippen LogP contribution in [0.3, 0.4) is 0 Å². The van der Waals surface area contributed by atoms with Crippen molar-refractivity contribution in [3.05, 3.63) is 0 Å². The molecule has 0 saturated heterocycles. The van der Waals surface area contributed by atoms with Crippen LogP contribution in [0, 0.1) is 0 Å². The van der Waals surface area contributed by atoms with Crippen molar-refractivity contribution >= 4 is 0 Å². The van der Waals surface area contributed by atoms with Crippen LogP contribution in [-0.2, 0) is 0 Å². The second kappa shape index (κ2) is 6.70. The summed E-state index contributed by atoms with van der Waals surface area (Å²) in [5.74, 6) is -3.93. The number of alkyl halides is 4. The van der Waals surface area contributed by atoms with Crippen LogP contribution in [-0.4, -0.2) is 38.0 Å². The molecule has 0 bridgehead atoms. The van der Waals surface area contributed by atoms with Gasteiger partial charge in [-0.05, 0) is 32.9 Å². The van der Waals surface area contributed by atoms with Crippen molar-refractivity contribution in [3.63, 3.8) is 0 Å². The molecule has 0 atom stereocenters. The largest absolute Gasteiger partial charge is 0.319 e. The molecule has 1 rings (SSSR count). The van der Waals surface area contributed by atoms with E-state index in [9.17, 15) is 17.6 Å². The SMILES string of the molecule is CNC1(CCNCC(F)(F)C(F)F)CCCCC1. The summed E-state index contributed by atoms with van der Waals surface area (Å²) in [6, 6.07) is 0. The van der Waals surface area contributed by atoms with Crippen molar-refractivity contribution in [2.24, 2.45) is 0 Å². The van der Waals surface area contributed by atoms with E-state index in [0.29, 0.717) is 13.0 Å². The molecule has 0 unspecified atom stereocenters. The zero-order chi connectivity index (χ0) is 13.6. The summed E-state index contributed by atoms with van der Waals surface area (Å²) in [7, 11) is 1.87. The predicted molar refractivity (Wildman–Crippen MR) is 63.3 cm³/mol. The Hall–Kier alpha value is -0.360. The van der Waals surface area contributed by atoms with Gasteiger partial charge < -0.3 is 10.6 Å². The Labute approximate surface area is 106 Å². The van der Waals surface area contributed by atoms with Gasteiger partial charge in [-0.15, -0.1) is 0 Å². The van der Waals surface area contributed by atoms with Crippen molar-refractivity contribution in [2.75, 3.05) is 20.1 Å². The van der Waals surface area contributed by atoms with Gasteiger partial charge >= 0.3 is 12.3 Å². The Balaban J connectivity index is 2.27. The zero-order valence-electron chi connectivity index (χ0n) is 10.7. The maximum atomic E-state index is 12.7. The quantitative estimate of drug-likeness (QED) is 0.549. The number of halogens is 4. The molecule has 0 heterocycles. The lowest BCUT2D eigenvalue weighted by Crippen LogP contribution is -2.47. The molecule has 1 saturated carbocycles. The van der Waals surface area contributed by atoms with Gasteiger partial charge in [-0.3, -0.25) is 0 Å². The fraction of sp³-hybridized carbons (Fsp3) is 1.00. The van der Waals surface area contributed by atoms with Gasteiger partial charge in [0.05, 0.1) is 6.54 Å². The lowest BCUT2D eigenvalue weighted by atomic mass is 9.79. The minimum atomic E-state index is -3.93. The molecule has 18 heavy (non-hydrogen) atoms. The lowest BCUT2D eigenvalue weighted by Gasteiger charge is -2.37. The van der Waals surface area contributed by atoms with Crippen LogP contribution in [0.2, 0.25) is 0 Å². The van der Waals surface area contributed by atoms with Gasteiger partial charge in [0.15, 0.2) is 0 Å². The van der Waals surface area contributed by atoms with E-state index in [-0.39, 0.29) is 5.54 Å². The average molecular weight is 270 g/mol. The first-order chi connectivity index (χ1) is 8.42. The van der Waals surface area contributed by atoms with Gasteiger partial charge in [0.2, 0.25) is 0 Å². The third-order valence-electron chi connectivity index (χ3n) is 3.80. The molecule has 0 spiro atoms. The van der Waals surface area contributed by atoms with Crippen LogP contribution < -0.4 is 10.6 Å². The molecule has 1 aliphatic rings. The summed E-state index contributed by atoms with van der Waals surface area (Å²) in [5, 5.41) is 5.71. The van der Waals surface area contributed by atoms with Gasteiger partial charge in [0, 0.05) is 5.54 Å².